The van der Waals surface area contributed by atoms with E-state index in [4.69, 9.17) is 0 Å². The fraction of sp³-hybridized carbons (Fsp3) is 0.333. The number of rotatable bonds is 4. The molecule has 0 spiro atoms. The first-order valence-corrected chi connectivity index (χ1v) is 8.78. The SMILES string of the molecule is Cc1cc(N2CCN(CC(=O)Nc3ccc(F)cc3)CC2)n2ncnc2n1. The van der Waals surface area contributed by atoms with Crippen molar-refractivity contribution in [1.82, 2.24) is 24.5 Å². The number of hydrogen-bond acceptors (Lipinski definition) is 6. The van der Waals surface area contributed by atoms with Crippen molar-refractivity contribution in [2.45, 2.75) is 6.92 Å². The summed E-state index contributed by atoms with van der Waals surface area (Å²) in [6.45, 7) is 5.32. The minimum atomic E-state index is -0.322. The van der Waals surface area contributed by atoms with Gasteiger partial charge < -0.3 is 10.2 Å². The van der Waals surface area contributed by atoms with Crippen LogP contribution in [0.5, 0.6) is 0 Å². The van der Waals surface area contributed by atoms with Crippen molar-refractivity contribution in [2.24, 2.45) is 0 Å². The van der Waals surface area contributed by atoms with Crippen LogP contribution in [0.2, 0.25) is 0 Å². The van der Waals surface area contributed by atoms with Crippen molar-refractivity contribution >= 4 is 23.2 Å². The largest absolute Gasteiger partial charge is 0.354 e. The first-order chi connectivity index (χ1) is 13.1. The number of benzene rings is 1. The topological polar surface area (TPSA) is 78.7 Å². The molecule has 9 heteroatoms. The van der Waals surface area contributed by atoms with Crippen LogP contribution in [0, 0.1) is 12.7 Å². The number of anilines is 2. The van der Waals surface area contributed by atoms with Gasteiger partial charge in [-0.1, -0.05) is 0 Å². The van der Waals surface area contributed by atoms with Gasteiger partial charge in [0, 0.05) is 43.6 Å². The lowest BCUT2D eigenvalue weighted by Crippen LogP contribution is -2.49. The molecule has 1 N–H and O–H groups in total. The van der Waals surface area contributed by atoms with Crippen LogP contribution in [0.4, 0.5) is 15.9 Å². The van der Waals surface area contributed by atoms with Gasteiger partial charge in [0.15, 0.2) is 0 Å². The summed E-state index contributed by atoms with van der Waals surface area (Å²) in [6, 6.07) is 7.77. The van der Waals surface area contributed by atoms with Crippen LogP contribution in [-0.4, -0.2) is 63.1 Å². The number of amides is 1. The Balaban J connectivity index is 1.35. The van der Waals surface area contributed by atoms with Gasteiger partial charge in [-0.05, 0) is 31.2 Å². The Labute approximate surface area is 155 Å². The molecule has 3 aromatic rings. The highest BCUT2D eigenvalue weighted by Crippen LogP contribution is 2.18. The maximum atomic E-state index is 12.9. The highest BCUT2D eigenvalue weighted by Gasteiger charge is 2.21. The third-order valence-corrected chi connectivity index (χ3v) is 4.55. The van der Waals surface area contributed by atoms with E-state index in [9.17, 15) is 9.18 Å². The molecule has 0 aliphatic carbocycles. The number of aromatic nitrogens is 4. The van der Waals surface area contributed by atoms with Crippen molar-refractivity contribution in [1.29, 1.82) is 0 Å². The lowest BCUT2D eigenvalue weighted by atomic mass is 10.3. The molecule has 1 fully saturated rings. The second kappa shape index (κ2) is 7.28. The maximum Gasteiger partial charge on any atom is 0.254 e. The van der Waals surface area contributed by atoms with E-state index >= 15 is 0 Å². The molecule has 3 heterocycles. The molecule has 8 nitrogen and oxygen atoms in total. The lowest BCUT2D eigenvalue weighted by Gasteiger charge is -2.35. The zero-order valence-corrected chi connectivity index (χ0v) is 15.0. The predicted octanol–water partition coefficient (Wildman–Crippen LogP) is 1.33. The third-order valence-electron chi connectivity index (χ3n) is 4.55. The summed E-state index contributed by atoms with van der Waals surface area (Å²) in [7, 11) is 0. The Morgan fingerprint density at radius 2 is 1.93 bits per heavy atom. The van der Waals surface area contributed by atoms with Crippen molar-refractivity contribution in [3.05, 3.63) is 48.2 Å². The summed E-state index contributed by atoms with van der Waals surface area (Å²) < 4.78 is 14.7. The van der Waals surface area contributed by atoms with Gasteiger partial charge in [-0.15, -0.1) is 0 Å². The first kappa shape index (κ1) is 17.3. The average Bonchev–Trinajstić information content (AvgIpc) is 3.12. The van der Waals surface area contributed by atoms with E-state index in [1.165, 1.54) is 18.5 Å². The number of nitrogens with one attached hydrogen (secondary N) is 1. The van der Waals surface area contributed by atoms with Crippen LogP contribution in [0.1, 0.15) is 5.69 Å². The van der Waals surface area contributed by atoms with Gasteiger partial charge >= 0.3 is 0 Å². The fourth-order valence-electron chi connectivity index (χ4n) is 3.21. The van der Waals surface area contributed by atoms with E-state index < -0.39 is 0 Å². The lowest BCUT2D eigenvalue weighted by molar-refractivity contribution is -0.117. The molecule has 140 valence electrons. The summed E-state index contributed by atoms with van der Waals surface area (Å²) in [4.78, 5) is 25.1. The molecule has 0 radical (unpaired) electrons. The van der Waals surface area contributed by atoms with Gasteiger partial charge in [-0.25, -0.2) is 9.37 Å². The average molecular weight is 369 g/mol. The molecule has 0 saturated carbocycles. The molecule has 1 aromatic carbocycles. The molecule has 1 aliphatic heterocycles. The van der Waals surface area contributed by atoms with Crippen LogP contribution in [0.15, 0.2) is 36.7 Å². The Morgan fingerprint density at radius 3 is 2.67 bits per heavy atom. The van der Waals surface area contributed by atoms with Crippen LogP contribution >= 0.6 is 0 Å². The molecule has 2 aromatic heterocycles. The van der Waals surface area contributed by atoms with Crippen molar-refractivity contribution in [3.8, 4) is 0 Å². The van der Waals surface area contributed by atoms with E-state index in [-0.39, 0.29) is 11.7 Å². The van der Waals surface area contributed by atoms with E-state index in [2.05, 4.69) is 30.2 Å². The smallest absolute Gasteiger partial charge is 0.254 e. The van der Waals surface area contributed by atoms with Crippen molar-refractivity contribution in [2.75, 3.05) is 42.9 Å². The highest BCUT2D eigenvalue weighted by atomic mass is 19.1. The summed E-state index contributed by atoms with van der Waals surface area (Å²) in [5.74, 6) is 1.13. The van der Waals surface area contributed by atoms with E-state index in [0.717, 1.165) is 37.7 Å². The zero-order valence-electron chi connectivity index (χ0n) is 15.0. The van der Waals surface area contributed by atoms with E-state index in [0.29, 0.717) is 18.0 Å². The van der Waals surface area contributed by atoms with Crippen molar-refractivity contribution < 1.29 is 9.18 Å². The molecule has 27 heavy (non-hydrogen) atoms. The third kappa shape index (κ3) is 3.87. The number of hydrogen-bond donors (Lipinski definition) is 1. The van der Waals surface area contributed by atoms with Crippen LogP contribution in [-0.2, 0) is 4.79 Å². The molecular formula is C18H20FN7O. The minimum absolute atomic E-state index is 0.103. The highest BCUT2D eigenvalue weighted by molar-refractivity contribution is 5.92. The van der Waals surface area contributed by atoms with Crippen molar-refractivity contribution in [3.63, 3.8) is 0 Å². The molecule has 0 unspecified atom stereocenters. The number of fused-ring (bicyclic) bond motifs is 1. The normalized spacial score (nSPS) is 15.3. The Hall–Kier alpha value is -3.07. The summed E-state index contributed by atoms with van der Waals surface area (Å²) in [5.41, 5.74) is 1.49. The van der Waals surface area contributed by atoms with Crippen LogP contribution in [0.3, 0.4) is 0 Å². The van der Waals surface area contributed by atoms with Gasteiger partial charge in [0.2, 0.25) is 5.91 Å². The van der Waals surface area contributed by atoms with Gasteiger partial charge in [0.25, 0.3) is 5.78 Å². The number of carbonyl (C=O) groups is 1. The zero-order chi connectivity index (χ0) is 18.8. The minimum Gasteiger partial charge on any atom is -0.354 e. The fourth-order valence-corrected chi connectivity index (χ4v) is 3.21. The molecular weight excluding hydrogens is 349 g/mol. The Morgan fingerprint density at radius 1 is 1.19 bits per heavy atom. The van der Waals surface area contributed by atoms with Gasteiger partial charge in [0.05, 0.1) is 6.54 Å². The van der Waals surface area contributed by atoms with Gasteiger partial charge in [-0.3, -0.25) is 9.69 Å². The summed E-state index contributed by atoms with van der Waals surface area (Å²) >= 11 is 0. The molecule has 0 bridgehead atoms. The number of nitrogens with zero attached hydrogens (tertiary/aromatic N) is 6. The standard InChI is InChI=1S/C18H20FN7O/c1-13-10-17(26-18(22-13)20-12-21-26)25-8-6-24(7-9-25)11-16(27)23-15-4-2-14(19)3-5-15/h2-5,10,12H,6-9,11H2,1H3,(H,23,27). The second-order valence-electron chi connectivity index (χ2n) is 6.55. The molecule has 1 aliphatic rings. The predicted molar refractivity (Wildman–Crippen MR) is 99.2 cm³/mol. The summed E-state index contributed by atoms with van der Waals surface area (Å²) in [6.07, 6.45) is 1.50. The number of piperazine rings is 1. The Bertz CT molecular complexity index is 948. The summed E-state index contributed by atoms with van der Waals surface area (Å²) in [5, 5.41) is 7.05. The molecule has 0 atom stereocenters. The molecule has 4 rings (SSSR count). The van der Waals surface area contributed by atoms with Crippen LogP contribution < -0.4 is 10.2 Å². The van der Waals surface area contributed by atoms with Gasteiger partial charge in [0.1, 0.15) is 18.0 Å². The van der Waals surface area contributed by atoms with Gasteiger partial charge in [-0.2, -0.15) is 14.6 Å². The number of carbonyl (C=O) groups excluding carboxylic acids is 1. The second-order valence-corrected chi connectivity index (χ2v) is 6.55. The number of aryl methyl sites for hydroxylation is 1. The molecule has 1 saturated heterocycles. The quantitative estimate of drug-likeness (QED) is 0.748. The Kier molecular flexibility index (Phi) is 4.68. The maximum absolute atomic E-state index is 12.9. The first-order valence-electron chi connectivity index (χ1n) is 8.78. The van der Waals surface area contributed by atoms with Crippen LogP contribution in [0.25, 0.3) is 5.78 Å². The van der Waals surface area contributed by atoms with E-state index in [1.807, 2.05) is 13.0 Å². The number of halogens is 1. The molecule has 1 amide bonds. The van der Waals surface area contributed by atoms with E-state index in [1.54, 1.807) is 16.6 Å². The monoisotopic (exact) mass is 369 g/mol.